The molecule has 1 aromatic carbocycles. The number of fused-ring (bicyclic) bond motifs is 1. The van der Waals surface area contributed by atoms with E-state index >= 15 is 0 Å². The molecule has 7 nitrogen and oxygen atoms in total. The second-order valence-corrected chi connectivity index (χ2v) is 9.64. The average Bonchev–Trinajstić information content (AvgIpc) is 3.30. The van der Waals surface area contributed by atoms with E-state index in [2.05, 4.69) is 20.5 Å². The fraction of sp³-hybridized carbons (Fsp3) is 0.458. The molecule has 1 aromatic heterocycles. The van der Waals surface area contributed by atoms with E-state index in [0.29, 0.717) is 29.8 Å². The molecule has 32 heavy (non-hydrogen) atoms. The second kappa shape index (κ2) is 9.81. The van der Waals surface area contributed by atoms with Gasteiger partial charge in [0.25, 0.3) is 5.91 Å². The third kappa shape index (κ3) is 4.85. The summed E-state index contributed by atoms with van der Waals surface area (Å²) >= 11 is 1.63. The minimum atomic E-state index is -0.562. The van der Waals surface area contributed by atoms with Crippen LogP contribution in [0.4, 0.5) is 11.4 Å². The lowest BCUT2D eigenvalue weighted by Gasteiger charge is -2.38. The quantitative estimate of drug-likeness (QED) is 0.590. The zero-order valence-corrected chi connectivity index (χ0v) is 19.2. The Hall–Kier alpha value is -2.74. The number of benzene rings is 1. The van der Waals surface area contributed by atoms with Gasteiger partial charge in [0.15, 0.2) is 0 Å². The van der Waals surface area contributed by atoms with Crippen LogP contribution in [-0.2, 0) is 15.1 Å². The maximum absolute atomic E-state index is 13.0. The molecule has 0 unspecified atom stereocenters. The van der Waals surface area contributed by atoms with Crippen LogP contribution in [0.3, 0.4) is 0 Å². The standard InChI is InChI=1S/C24H30N4O3S/c1-32-14-9-20-23(31)26-19-8-7-17(15-18(19)22(30)27-20)25-21(29)16-24(10-3-2-4-11-24)28-12-5-6-13-28/h5-8,12-13,15,20H,2-4,9-11,14,16H2,1H3,(H,25,29)(H,26,31)(H,27,30)/t20-/m0/s1. The molecule has 2 aromatic rings. The summed E-state index contributed by atoms with van der Waals surface area (Å²) in [6, 6.07) is 8.49. The Labute approximate surface area is 192 Å². The van der Waals surface area contributed by atoms with E-state index in [0.717, 1.165) is 31.4 Å². The number of nitrogens with zero attached hydrogens (tertiary/aromatic N) is 1. The summed E-state index contributed by atoms with van der Waals surface area (Å²) in [5.41, 5.74) is 1.18. The van der Waals surface area contributed by atoms with Crippen LogP contribution in [0, 0.1) is 0 Å². The van der Waals surface area contributed by atoms with E-state index < -0.39 is 6.04 Å². The van der Waals surface area contributed by atoms with Crippen LogP contribution in [0.1, 0.15) is 55.3 Å². The van der Waals surface area contributed by atoms with Gasteiger partial charge in [-0.05, 0) is 61.6 Å². The largest absolute Gasteiger partial charge is 0.348 e. The van der Waals surface area contributed by atoms with E-state index in [9.17, 15) is 14.4 Å². The van der Waals surface area contributed by atoms with Gasteiger partial charge in [-0.3, -0.25) is 14.4 Å². The van der Waals surface area contributed by atoms with Crippen molar-refractivity contribution in [2.24, 2.45) is 0 Å². The Morgan fingerprint density at radius 1 is 1.19 bits per heavy atom. The highest BCUT2D eigenvalue weighted by molar-refractivity contribution is 7.98. The number of thioether (sulfide) groups is 1. The van der Waals surface area contributed by atoms with Gasteiger partial charge in [0.2, 0.25) is 11.8 Å². The maximum Gasteiger partial charge on any atom is 0.254 e. The van der Waals surface area contributed by atoms with Crippen molar-refractivity contribution in [1.82, 2.24) is 9.88 Å². The molecule has 4 rings (SSSR count). The van der Waals surface area contributed by atoms with Gasteiger partial charge in [-0.2, -0.15) is 11.8 Å². The normalized spacial score (nSPS) is 20.0. The van der Waals surface area contributed by atoms with Crippen molar-refractivity contribution in [1.29, 1.82) is 0 Å². The Balaban J connectivity index is 1.48. The number of carbonyl (C=O) groups is 3. The van der Waals surface area contributed by atoms with Gasteiger partial charge in [-0.25, -0.2) is 0 Å². The van der Waals surface area contributed by atoms with Crippen molar-refractivity contribution in [3.63, 3.8) is 0 Å². The SMILES string of the molecule is CSCC[C@@H]1NC(=O)c2cc(NC(=O)CC3(n4cccc4)CCCCC3)ccc2NC1=O. The predicted octanol–water partition coefficient (Wildman–Crippen LogP) is 3.98. The molecule has 1 atom stereocenters. The van der Waals surface area contributed by atoms with Crippen molar-refractivity contribution in [3.05, 3.63) is 48.3 Å². The van der Waals surface area contributed by atoms with Crippen LogP contribution >= 0.6 is 11.8 Å². The summed E-state index contributed by atoms with van der Waals surface area (Å²) in [5.74, 6) is 0.182. The molecule has 1 saturated carbocycles. The summed E-state index contributed by atoms with van der Waals surface area (Å²) < 4.78 is 2.18. The van der Waals surface area contributed by atoms with Gasteiger partial charge >= 0.3 is 0 Å². The van der Waals surface area contributed by atoms with Gasteiger partial charge in [-0.1, -0.05) is 19.3 Å². The zero-order chi connectivity index (χ0) is 22.6. The van der Waals surface area contributed by atoms with Crippen molar-refractivity contribution in [2.45, 2.75) is 56.5 Å². The molecule has 2 heterocycles. The number of nitrogens with one attached hydrogen (secondary N) is 3. The van der Waals surface area contributed by atoms with E-state index in [4.69, 9.17) is 0 Å². The molecule has 1 aliphatic heterocycles. The molecule has 0 bridgehead atoms. The first-order chi connectivity index (χ1) is 15.5. The molecule has 3 amide bonds. The second-order valence-electron chi connectivity index (χ2n) is 8.66. The molecule has 0 spiro atoms. The number of hydrogen-bond donors (Lipinski definition) is 3. The first-order valence-electron chi connectivity index (χ1n) is 11.2. The number of aromatic nitrogens is 1. The molecular weight excluding hydrogens is 424 g/mol. The molecule has 1 fully saturated rings. The molecule has 2 aliphatic rings. The Bertz CT molecular complexity index is 983. The highest BCUT2D eigenvalue weighted by Crippen LogP contribution is 2.38. The van der Waals surface area contributed by atoms with Crippen molar-refractivity contribution in [2.75, 3.05) is 22.6 Å². The molecule has 0 saturated heterocycles. The third-order valence-electron chi connectivity index (χ3n) is 6.46. The summed E-state index contributed by atoms with van der Waals surface area (Å²) in [7, 11) is 0. The van der Waals surface area contributed by atoms with Gasteiger partial charge in [0.05, 0.1) is 23.2 Å². The van der Waals surface area contributed by atoms with Crippen LogP contribution in [0.5, 0.6) is 0 Å². The zero-order valence-electron chi connectivity index (χ0n) is 18.4. The van der Waals surface area contributed by atoms with Crippen LogP contribution in [0.25, 0.3) is 0 Å². The number of rotatable bonds is 7. The number of amides is 3. The van der Waals surface area contributed by atoms with Crippen molar-refractivity contribution in [3.8, 4) is 0 Å². The highest BCUT2D eigenvalue weighted by atomic mass is 32.2. The van der Waals surface area contributed by atoms with Crippen LogP contribution in [-0.4, -0.2) is 40.3 Å². The summed E-state index contributed by atoms with van der Waals surface area (Å²) in [6.45, 7) is 0. The third-order valence-corrected chi connectivity index (χ3v) is 7.11. The van der Waals surface area contributed by atoms with Gasteiger partial charge < -0.3 is 20.5 Å². The fourth-order valence-electron chi connectivity index (χ4n) is 4.77. The van der Waals surface area contributed by atoms with E-state index in [1.165, 1.54) is 6.42 Å². The van der Waals surface area contributed by atoms with E-state index in [1.54, 1.807) is 30.0 Å². The summed E-state index contributed by atoms with van der Waals surface area (Å²) in [4.78, 5) is 38.2. The lowest BCUT2D eigenvalue weighted by molar-refractivity contribution is -0.119. The predicted molar refractivity (Wildman–Crippen MR) is 128 cm³/mol. The first-order valence-corrected chi connectivity index (χ1v) is 12.6. The summed E-state index contributed by atoms with van der Waals surface area (Å²) in [6.07, 6.45) is 12.4. The molecular formula is C24H30N4O3S. The van der Waals surface area contributed by atoms with Crippen LogP contribution in [0.15, 0.2) is 42.7 Å². The topological polar surface area (TPSA) is 92.2 Å². The number of anilines is 2. The molecule has 8 heteroatoms. The minimum absolute atomic E-state index is 0.0727. The highest BCUT2D eigenvalue weighted by Gasteiger charge is 2.35. The van der Waals surface area contributed by atoms with Crippen molar-refractivity contribution >= 4 is 40.9 Å². The van der Waals surface area contributed by atoms with Gasteiger partial charge in [-0.15, -0.1) is 0 Å². The maximum atomic E-state index is 13.0. The minimum Gasteiger partial charge on any atom is -0.348 e. The Morgan fingerprint density at radius 3 is 2.66 bits per heavy atom. The fourth-order valence-corrected chi connectivity index (χ4v) is 5.24. The Morgan fingerprint density at radius 2 is 1.94 bits per heavy atom. The lowest BCUT2D eigenvalue weighted by Crippen LogP contribution is -2.41. The van der Waals surface area contributed by atoms with Crippen molar-refractivity contribution < 1.29 is 14.4 Å². The number of carbonyl (C=O) groups excluding carboxylic acids is 3. The monoisotopic (exact) mass is 454 g/mol. The number of hydrogen-bond acceptors (Lipinski definition) is 4. The van der Waals surface area contributed by atoms with Crippen LogP contribution in [0.2, 0.25) is 0 Å². The molecule has 170 valence electrons. The average molecular weight is 455 g/mol. The van der Waals surface area contributed by atoms with E-state index in [-0.39, 0.29) is 23.3 Å². The van der Waals surface area contributed by atoms with E-state index in [1.807, 2.05) is 30.8 Å². The molecule has 3 N–H and O–H groups in total. The van der Waals surface area contributed by atoms with Gasteiger partial charge in [0, 0.05) is 18.1 Å². The molecule has 0 radical (unpaired) electrons. The Kier molecular flexibility index (Phi) is 6.89. The van der Waals surface area contributed by atoms with Gasteiger partial charge in [0.1, 0.15) is 6.04 Å². The lowest BCUT2D eigenvalue weighted by atomic mass is 9.78. The first kappa shape index (κ1) is 22.5. The smallest absolute Gasteiger partial charge is 0.254 e. The molecule has 1 aliphatic carbocycles. The summed E-state index contributed by atoms with van der Waals surface area (Å²) in [5, 5.41) is 8.62. The van der Waals surface area contributed by atoms with Crippen LogP contribution < -0.4 is 16.0 Å².